The van der Waals surface area contributed by atoms with E-state index in [2.05, 4.69) is 15.9 Å². The first-order valence-electron chi connectivity index (χ1n) is 4.93. The third kappa shape index (κ3) is 3.09. The average Bonchev–Trinajstić information content (AvgIpc) is 2.69. The van der Waals surface area contributed by atoms with Gasteiger partial charge >= 0.3 is 0 Å². The van der Waals surface area contributed by atoms with E-state index in [-0.39, 0.29) is 6.42 Å². The Balaban J connectivity index is 2.15. The molecule has 17 heavy (non-hydrogen) atoms. The number of aliphatic hydroxyl groups excluding tert-OH is 1. The molecule has 1 atom stereocenters. The molecule has 0 aliphatic heterocycles. The van der Waals surface area contributed by atoms with Gasteiger partial charge in [-0.3, -0.25) is 0 Å². The Morgan fingerprint density at radius 3 is 2.71 bits per heavy atom. The van der Waals surface area contributed by atoms with Crippen molar-refractivity contribution in [3.8, 4) is 0 Å². The van der Waals surface area contributed by atoms with Gasteiger partial charge in [0.2, 0.25) is 0 Å². The molecule has 0 bridgehead atoms. The molecule has 0 aliphatic rings. The van der Waals surface area contributed by atoms with Crippen molar-refractivity contribution in [1.29, 1.82) is 0 Å². The summed E-state index contributed by atoms with van der Waals surface area (Å²) in [6.07, 6.45) is -0.525. The second-order valence-electron chi connectivity index (χ2n) is 3.60. The highest BCUT2D eigenvalue weighted by Gasteiger charge is 2.14. The molecule has 2 nitrogen and oxygen atoms in total. The molecule has 2 aromatic rings. The van der Waals surface area contributed by atoms with E-state index in [9.17, 15) is 9.50 Å². The van der Waals surface area contributed by atoms with Gasteiger partial charge in [0.05, 0.1) is 0 Å². The van der Waals surface area contributed by atoms with E-state index >= 15 is 0 Å². The smallest absolute Gasteiger partial charge is 0.169 e. The van der Waals surface area contributed by atoms with Gasteiger partial charge < -0.3 is 9.52 Å². The second kappa shape index (κ2) is 5.21. The van der Waals surface area contributed by atoms with Gasteiger partial charge in [-0.1, -0.05) is 17.7 Å². The van der Waals surface area contributed by atoms with E-state index in [4.69, 9.17) is 16.0 Å². The summed E-state index contributed by atoms with van der Waals surface area (Å²) in [5.74, 6) is 0.0475. The van der Waals surface area contributed by atoms with Crippen molar-refractivity contribution in [3.05, 3.63) is 57.2 Å². The van der Waals surface area contributed by atoms with Crippen LogP contribution in [-0.2, 0) is 6.42 Å². The van der Waals surface area contributed by atoms with E-state index in [1.165, 1.54) is 12.1 Å². The van der Waals surface area contributed by atoms with Crippen LogP contribution in [0.5, 0.6) is 0 Å². The molecule has 0 radical (unpaired) electrons. The average molecular weight is 320 g/mol. The van der Waals surface area contributed by atoms with Crippen molar-refractivity contribution in [2.24, 2.45) is 0 Å². The van der Waals surface area contributed by atoms with Crippen molar-refractivity contribution in [2.75, 3.05) is 0 Å². The Kier molecular flexibility index (Phi) is 3.86. The summed E-state index contributed by atoms with van der Waals surface area (Å²) in [5, 5.41) is 10.2. The number of halogens is 3. The summed E-state index contributed by atoms with van der Waals surface area (Å²) in [6.45, 7) is 0. The van der Waals surface area contributed by atoms with Crippen molar-refractivity contribution in [3.63, 3.8) is 0 Å². The Bertz CT molecular complexity index is 527. The molecule has 0 amide bonds. The molecule has 5 heteroatoms. The minimum absolute atomic E-state index is 0.277. The Morgan fingerprint density at radius 2 is 2.12 bits per heavy atom. The summed E-state index contributed by atoms with van der Waals surface area (Å²) in [5.41, 5.74) is 0.674. The van der Waals surface area contributed by atoms with E-state index in [0.29, 0.717) is 21.0 Å². The maximum absolute atomic E-state index is 12.8. The van der Waals surface area contributed by atoms with Crippen LogP contribution in [0.15, 0.2) is 39.4 Å². The fourth-order valence-corrected chi connectivity index (χ4v) is 2.07. The molecule has 0 spiro atoms. The van der Waals surface area contributed by atoms with Crippen molar-refractivity contribution in [2.45, 2.75) is 12.5 Å². The summed E-state index contributed by atoms with van der Waals surface area (Å²) in [7, 11) is 0. The number of rotatable bonds is 3. The fourth-order valence-electron chi connectivity index (χ4n) is 1.50. The lowest BCUT2D eigenvalue weighted by atomic mass is 10.1. The molecular formula is C12H9BrClFO2. The minimum atomic E-state index is -0.802. The van der Waals surface area contributed by atoms with Gasteiger partial charge in [0, 0.05) is 11.4 Å². The molecule has 0 saturated heterocycles. The summed E-state index contributed by atoms with van der Waals surface area (Å²) in [4.78, 5) is 0. The van der Waals surface area contributed by atoms with Crippen LogP contribution in [0, 0.1) is 5.82 Å². The Labute approximate surface area is 111 Å². The highest BCUT2D eigenvalue weighted by molar-refractivity contribution is 9.10. The number of hydrogen-bond donors (Lipinski definition) is 1. The lowest BCUT2D eigenvalue weighted by molar-refractivity contribution is 0.149. The van der Waals surface area contributed by atoms with Crippen LogP contribution in [0.4, 0.5) is 4.39 Å². The highest BCUT2D eigenvalue weighted by atomic mass is 79.9. The van der Waals surface area contributed by atoms with Crippen LogP contribution in [-0.4, -0.2) is 5.11 Å². The Morgan fingerprint density at radius 1 is 1.35 bits per heavy atom. The molecule has 1 N–H and O–H groups in total. The molecule has 2 rings (SSSR count). The molecule has 0 saturated carbocycles. The van der Waals surface area contributed by atoms with Gasteiger partial charge in [0.1, 0.15) is 17.7 Å². The van der Waals surface area contributed by atoms with Crippen LogP contribution in [0.2, 0.25) is 5.02 Å². The molecule has 90 valence electrons. The Hall–Kier alpha value is -0.840. The maximum atomic E-state index is 12.8. The molecule has 0 aliphatic carbocycles. The van der Waals surface area contributed by atoms with Gasteiger partial charge in [0.15, 0.2) is 4.67 Å². The largest absolute Gasteiger partial charge is 0.452 e. The van der Waals surface area contributed by atoms with Crippen LogP contribution >= 0.6 is 27.5 Å². The quantitative estimate of drug-likeness (QED) is 0.923. The van der Waals surface area contributed by atoms with Crippen LogP contribution in [0.1, 0.15) is 17.4 Å². The van der Waals surface area contributed by atoms with E-state index < -0.39 is 11.9 Å². The van der Waals surface area contributed by atoms with E-state index in [1.54, 1.807) is 18.2 Å². The van der Waals surface area contributed by atoms with Crippen molar-refractivity contribution < 1.29 is 13.9 Å². The maximum Gasteiger partial charge on any atom is 0.169 e. The summed E-state index contributed by atoms with van der Waals surface area (Å²) < 4.78 is 18.6. The van der Waals surface area contributed by atoms with Gasteiger partial charge in [-0.15, -0.1) is 0 Å². The topological polar surface area (TPSA) is 33.4 Å². The fraction of sp³-hybridized carbons (Fsp3) is 0.167. The van der Waals surface area contributed by atoms with E-state index in [0.717, 1.165) is 0 Å². The third-order valence-corrected chi connectivity index (χ3v) is 3.13. The van der Waals surface area contributed by atoms with Gasteiger partial charge in [-0.2, -0.15) is 0 Å². The number of hydrogen-bond acceptors (Lipinski definition) is 2. The normalized spacial score (nSPS) is 12.7. The molecular weight excluding hydrogens is 310 g/mol. The molecule has 0 fully saturated rings. The monoisotopic (exact) mass is 318 g/mol. The molecule has 1 unspecified atom stereocenters. The first kappa shape index (κ1) is 12.6. The van der Waals surface area contributed by atoms with Crippen molar-refractivity contribution in [1.82, 2.24) is 0 Å². The number of benzene rings is 1. The first-order valence-corrected chi connectivity index (χ1v) is 6.10. The zero-order chi connectivity index (χ0) is 12.4. The number of furan rings is 1. The molecule has 1 heterocycles. The predicted molar refractivity (Wildman–Crippen MR) is 66.5 cm³/mol. The zero-order valence-corrected chi connectivity index (χ0v) is 11.0. The number of aliphatic hydroxyl groups is 1. The summed E-state index contributed by atoms with van der Waals surface area (Å²) in [6, 6.07) is 7.46. The van der Waals surface area contributed by atoms with Crippen molar-refractivity contribution >= 4 is 27.5 Å². The first-order chi connectivity index (χ1) is 8.06. The highest BCUT2D eigenvalue weighted by Crippen LogP contribution is 2.26. The zero-order valence-electron chi connectivity index (χ0n) is 8.66. The van der Waals surface area contributed by atoms with Gasteiger partial charge in [-0.05, 0) is 45.8 Å². The molecule has 1 aromatic carbocycles. The summed E-state index contributed by atoms with van der Waals surface area (Å²) >= 11 is 9.03. The molecule has 1 aromatic heterocycles. The van der Waals surface area contributed by atoms with Gasteiger partial charge in [-0.25, -0.2) is 4.39 Å². The predicted octanol–water partition coefficient (Wildman–Crippen LogP) is 4.11. The lowest BCUT2D eigenvalue weighted by Gasteiger charge is -2.09. The van der Waals surface area contributed by atoms with E-state index in [1.807, 2.05) is 0 Å². The standard InChI is InChI=1S/C12H9BrClFO2/c13-12-4-3-11(17-12)10(16)5-7-1-2-8(15)6-9(7)14/h1-4,6,10,16H,5H2. The van der Waals surface area contributed by atoms with Crippen LogP contribution in [0.25, 0.3) is 0 Å². The van der Waals surface area contributed by atoms with Crippen LogP contribution in [0.3, 0.4) is 0 Å². The second-order valence-corrected chi connectivity index (χ2v) is 4.79. The van der Waals surface area contributed by atoms with Crippen LogP contribution < -0.4 is 0 Å². The minimum Gasteiger partial charge on any atom is -0.452 e. The lowest BCUT2D eigenvalue weighted by Crippen LogP contribution is -2.01. The SMILES string of the molecule is OC(Cc1ccc(F)cc1Cl)c1ccc(Br)o1. The third-order valence-electron chi connectivity index (χ3n) is 2.35. The van der Waals surface area contributed by atoms with Gasteiger partial charge in [0.25, 0.3) is 0 Å².